The number of hydrogen-bond donors (Lipinski definition) is 1. The van der Waals surface area contributed by atoms with Crippen LogP contribution in [0.5, 0.6) is 0 Å². The average Bonchev–Trinajstić information content (AvgIpc) is 2.35. The summed E-state index contributed by atoms with van der Waals surface area (Å²) in [6.07, 6.45) is 0. The van der Waals surface area contributed by atoms with Crippen LogP contribution in [-0.2, 0) is 16.6 Å². The molecular weight excluding hydrogens is 272 g/mol. The summed E-state index contributed by atoms with van der Waals surface area (Å²) in [7, 11) is -3.48. The average molecular weight is 298 g/mol. The number of nitrogens with zero attached hydrogens (tertiary/aromatic N) is 1. The van der Waals surface area contributed by atoms with Gasteiger partial charge in [0.25, 0.3) is 0 Å². The van der Waals surface area contributed by atoms with Crippen LogP contribution < -0.4 is 5.73 Å². The second-order valence-electron chi connectivity index (χ2n) is 5.87. The zero-order valence-corrected chi connectivity index (χ0v) is 13.9. The number of hydrogen-bond acceptors (Lipinski definition) is 3. The third kappa shape index (κ3) is 3.81. The Kier molecular flexibility index (Phi) is 5.74. The molecule has 20 heavy (non-hydrogen) atoms. The van der Waals surface area contributed by atoms with E-state index in [2.05, 4.69) is 0 Å². The molecule has 5 heteroatoms. The van der Waals surface area contributed by atoms with Crippen LogP contribution in [0.25, 0.3) is 0 Å². The molecule has 0 aliphatic carbocycles. The van der Waals surface area contributed by atoms with E-state index < -0.39 is 10.0 Å². The maximum atomic E-state index is 12.9. The first kappa shape index (κ1) is 17.1. The van der Waals surface area contributed by atoms with Gasteiger partial charge in [0.05, 0.1) is 4.90 Å². The van der Waals surface area contributed by atoms with Gasteiger partial charge in [-0.15, -0.1) is 0 Å². The van der Waals surface area contributed by atoms with Crippen LogP contribution in [0, 0.1) is 12.8 Å². The van der Waals surface area contributed by atoms with Crippen molar-refractivity contribution in [2.45, 2.75) is 52.1 Å². The van der Waals surface area contributed by atoms with E-state index in [1.165, 1.54) is 0 Å². The second-order valence-corrected chi connectivity index (χ2v) is 7.73. The lowest BCUT2D eigenvalue weighted by atomic mass is 10.1. The molecule has 0 atom stereocenters. The fourth-order valence-electron chi connectivity index (χ4n) is 2.12. The number of rotatable bonds is 6. The van der Waals surface area contributed by atoms with E-state index in [0.29, 0.717) is 18.0 Å². The molecule has 0 unspecified atom stereocenters. The zero-order chi connectivity index (χ0) is 15.5. The monoisotopic (exact) mass is 298 g/mol. The Bertz CT molecular complexity index is 551. The second kappa shape index (κ2) is 6.70. The SMILES string of the molecule is Cc1ccc(CN)cc1S(=O)(=O)N(CC(C)C)C(C)C. The lowest BCUT2D eigenvalue weighted by Crippen LogP contribution is -2.39. The number of sulfonamides is 1. The molecule has 0 amide bonds. The molecule has 0 aromatic heterocycles. The van der Waals surface area contributed by atoms with Gasteiger partial charge in [-0.05, 0) is 43.9 Å². The molecular formula is C15H26N2O2S. The van der Waals surface area contributed by atoms with Crippen LogP contribution in [0.2, 0.25) is 0 Å². The lowest BCUT2D eigenvalue weighted by Gasteiger charge is -2.28. The lowest BCUT2D eigenvalue weighted by molar-refractivity contribution is 0.318. The molecule has 2 N–H and O–H groups in total. The van der Waals surface area contributed by atoms with Gasteiger partial charge in [0.2, 0.25) is 10.0 Å². The molecule has 0 saturated carbocycles. The number of nitrogens with two attached hydrogens (primary N) is 1. The third-order valence-corrected chi connectivity index (χ3v) is 5.38. The summed E-state index contributed by atoms with van der Waals surface area (Å²) in [5.41, 5.74) is 7.22. The molecule has 1 aromatic carbocycles. The minimum atomic E-state index is -3.48. The van der Waals surface area contributed by atoms with Gasteiger partial charge in [0.15, 0.2) is 0 Å². The van der Waals surface area contributed by atoms with Crippen LogP contribution in [-0.4, -0.2) is 25.3 Å². The Morgan fingerprint density at radius 3 is 2.25 bits per heavy atom. The van der Waals surface area contributed by atoms with Crippen molar-refractivity contribution >= 4 is 10.0 Å². The maximum absolute atomic E-state index is 12.9. The molecule has 1 rings (SSSR count). The molecule has 0 radical (unpaired) electrons. The first-order valence-electron chi connectivity index (χ1n) is 7.01. The summed E-state index contributed by atoms with van der Waals surface area (Å²) >= 11 is 0. The Morgan fingerprint density at radius 2 is 1.80 bits per heavy atom. The minimum absolute atomic E-state index is 0.0664. The largest absolute Gasteiger partial charge is 0.326 e. The summed E-state index contributed by atoms with van der Waals surface area (Å²) in [4.78, 5) is 0.370. The van der Waals surface area contributed by atoms with Gasteiger partial charge in [-0.1, -0.05) is 26.0 Å². The molecule has 0 bridgehead atoms. The van der Waals surface area contributed by atoms with Crippen LogP contribution in [0.4, 0.5) is 0 Å². The summed E-state index contributed by atoms with van der Waals surface area (Å²) in [5.74, 6) is 0.283. The molecule has 0 saturated heterocycles. The highest BCUT2D eigenvalue weighted by Gasteiger charge is 2.28. The molecule has 1 aromatic rings. The highest BCUT2D eigenvalue weighted by molar-refractivity contribution is 7.89. The predicted molar refractivity (Wildman–Crippen MR) is 82.9 cm³/mol. The smallest absolute Gasteiger partial charge is 0.243 e. The Hall–Kier alpha value is -0.910. The van der Waals surface area contributed by atoms with E-state index in [1.54, 1.807) is 10.4 Å². The van der Waals surface area contributed by atoms with E-state index >= 15 is 0 Å². The van der Waals surface area contributed by atoms with E-state index in [9.17, 15) is 8.42 Å². The van der Waals surface area contributed by atoms with Crippen molar-refractivity contribution in [1.29, 1.82) is 0 Å². The molecule has 0 heterocycles. The van der Waals surface area contributed by atoms with Gasteiger partial charge in [-0.25, -0.2) is 8.42 Å². The molecule has 0 spiro atoms. The van der Waals surface area contributed by atoms with Crippen molar-refractivity contribution in [1.82, 2.24) is 4.31 Å². The Morgan fingerprint density at radius 1 is 1.20 bits per heavy atom. The van der Waals surface area contributed by atoms with Gasteiger partial charge in [-0.2, -0.15) is 4.31 Å². The highest BCUT2D eigenvalue weighted by atomic mass is 32.2. The van der Waals surface area contributed by atoms with E-state index in [4.69, 9.17) is 5.73 Å². The van der Waals surface area contributed by atoms with Crippen molar-refractivity contribution in [3.8, 4) is 0 Å². The number of aryl methyl sites for hydroxylation is 1. The van der Waals surface area contributed by atoms with Gasteiger partial charge < -0.3 is 5.73 Å². The van der Waals surface area contributed by atoms with Gasteiger partial charge in [0.1, 0.15) is 0 Å². The van der Waals surface area contributed by atoms with Crippen molar-refractivity contribution in [2.24, 2.45) is 11.7 Å². The predicted octanol–water partition coefficient (Wildman–Crippen LogP) is 2.51. The molecule has 0 fully saturated rings. The fourth-order valence-corrected chi connectivity index (χ4v) is 4.20. The van der Waals surface area contributed by atoms with Gasteiger partial charge >= 0.3 is 0 Å². The topological polar surface area (TPSA) is 63.4 Å². The summed E-state index contributed by atoms with van der Waals surface area (Å²) in [6.45, 7) is 10.5. The van der Waals surface area contributed by atoms with Crippen LogP contribution >= 0.6 is 0 Å². The number of benzene rings is 1. The van der Waals surface area contributed by atoms with Crippen molar-refractivity contribution < 1.29 is 8.42 Å². The highest BCUT2D eigenvalue weighted by Crippen LogP contribution is 2.24. The van der Waals surface area contributed by atoms with Gasteiger partial charge in [0, 0.05) is 19.1 Å². The summed E-state index contributed by atoms with van der Waals surface area (Å²) in [6, 6.07) is 5.32. The van der Waals surface area contributed by atoms with E-state index in [-0.39, 0.29) is 12.0 Å². The maximum Gasteiger partial charge on any atom is 0.243 e. The van der Waals surface area contributed by atoms with Crippen molar-refractivity contribution in [3.05, 3.63) is 29.3 Å². The standard InChI is InChI=1S/C15H26N2O2S/c1-11(2)10-17(12(3)4)20(18,19)15-8-14(9-16)7-6-13(15)5/h6-8,11-12H,9-10,16H2,1-5H3. The zero-order valence-electron chi connectivity index (χ0n) is 13.1. The quantitative estimate of drug-likeness (QED) is 0.877. The first-order chi connectivity index (χ1) is 9.20. The van der Waals surface area contributed by atoms with Crippen LogP contribution in [0.15, 0.2) is 23.1 Å². The van der Waals surface area contributed by atoms with Gasteiger partial charge in [-0.3, -0.25) is 0 Å². The Labute approximate surface area is 123 Å². The molecule has 114 valence electrons. The van der Waals surface area contributed by atoms with E-state index in [1.807, 2.05) is 46.8 Å². The summed E-state index contributed by atoms with van der Waals surface area (Å²) < 4.78 is 27.3. The van der Waals surface area contributed by atoms with Crippen molar-refractivity contribution in [3.63, 3.8) is 0 Å². The van der Waals surface area contributed by atoms with E-state index in [0.717, 1.165) is 11.1 Å². The first-order valence-corrected chi connectivity index (χ1v) is 8.45. The molecule has 4 nitrogen and oxygen atoms in total. The normalized spacial score (nSPS) is 12.7. The molecule has 0 aliphatic rings. The summed E-state index contributed by atoms with van der Waals surface area (Å²) in [5, 5.41) is 0. The van der Waals surface area contributed by atoms with Crippen LogP contribution in [0.1, 0.15) is 38.8 Å². The van der Waals surface area contributed by atoms with Crippen LogP contribution in [0.3, 0.4) is 0 Å². The fraction of sp³-hybridized carbons (Fsp3) is 0.600. The van der Waals surface area contributed by atoms with Crippen molar-refractivity contribution in [2.75, 3.05) is 6.54 Å². The Balaban J connectivity index is 3.32. The minimum Gasteiger partial charge on any atom is -0.326 e. The third-order valence-electron chi connectivity index (χ3n) is 3.20. The molecule has 0 aliphatic heterocycles.